The molecule has 0 saturated carbocycles. The Hall–Kier alpha value is -1.17. The van der Waals surface area contributed by atoms with Crippen molar-refractivity contribution in [2.75, 3.05) is 19.1 Å². The number of aryl methyl sites for hydroxylation is 1. The predicted octanol–water partition coefficient (Wildman–Crippen LogP) is 3.53. The Morgan fingerprint density at radius 3 is 3.05 bits per heavy atom. The summed E-state index contributed by atoms with van der Waals surface area (Å²) < 4.78 is 11.3. The van der Waals surface area contributed by atoms with Gasteiger partial charge in [-0.25, -0.2) is 0 Å². The third kappa shape index (κ3) is 4.45. The first kappa shape index (κ1) is 14.2. The molecular weight excluding hydrogens is 260 g/mol. The van der Waals surface area contributed by atoms with E-state index in [1.54, 1.807) is 0 Å². The molecule has 1 saturated heterocycles. The number of halogens is 1. The van der Waals surface area contributed by atoms with Gasteiger partial charge in [0.1, 0.15) is 12.4 Å². The summed E-state index contributed by atoms with van der Waals surface area (Å²) in [5.41, 5.74) is 2.17. The maximum Gasteiger partial charge on any atom is 0.119 e. The molecule has 1 unspecified atom stereocenters. The van der Waals surface area contributed by atoms with Gasteiger partial charge in [0.2, 0.25) is 0 Å². The Morgan fingerprint density at radius 2 is 2.37 bits per heavy atom. The van der Waals surface area contributed by atoms with Gasteiger partial charge < -0.3 is 9.47 Å². The van der Waals surface area contributed by atoms with Crippen molar-refractivity contribution in [3.05, 3.63) is 29.3 Å². The van der Waals surface area contributed by atoms with Gasteiger partial charge in [-0.2, -0.15) is 0 Å². The molecule has 1 aliphatic heterocycles. The summed E-state index contributed by atoms with van der Waals surface area (Å²) in [4.78, 5) is 0. The molecule has 0 aliphatic carbocycles. The van der Waals surface area contributed by atoms with Crippen LogP contribution in [0, 0.1) is 18.8 Å². The van der Waals surface area contributed by atoms with Crippen LogP contribution >= 0.6 is 11.6 Å². The summed E-state index contributed by atoms with van der Waals surface area (Å²) in [5.74, 6) is 7.63. The van der Waals surface area contributed by atoms with Crippen molar-refractivity contribution in [1.82, 2.24) is 0 Å². The second-order valence-electron chi connectivity index (χ2n) is 4.66. The van der Waals surface area contributed by atoms with E-state index in [2.05, 4.69) is 11.8 Å². The molecule has 0 radical (unpaired) electrons. The van der Waals surface area contributed by atoms with Crippen molar-refractivity contribution in [2.45, 2.75) is 32.3 Å². The second kappa shape index (κ2) is 7.43. The molecule has 1 aromatic carbocycles. The second-order valence-corrected chi connectivity index (χ2v) is 5.04. The lowest BCUT2D eigenvalue weighted by Gasteiger charge is -2.12. The highest BCUT2D eigenvalue weighted by Gasteiger charge is 2.15. The molecule has 3 heteroatoms. The van der Waals surface area contributed by atoms with Crippen LogP contribution in [0.1, 0.15) is 30.4 Å². The highest BCUT2D eigenvalue weighted by atomic mass is 35.5. The van der Waals surface area contributed by atoms with E-state index in [0.717, 1.165) is 42.7 Å². The molecule has 19 heavy (non-hydrogen) atoms. The van der Waals surface area contributed by atoms with Crippen LogP contribution in [0.5, 0.6) is 5.75 Å². The van der Waals surface area contributed by atoms with Crippen molar-refractivity contribution < 1.29 is 9.47 Å². The van der Waals surface area contributed by atoms with Crippen LogP contribution in [0.4, 0.5) is 0 Å². The van der Waals surface area contributed by atoms with Crippen LogP contribution in [0.25, 0.3) is 0 Å². The average Bonchev–Trinajstić information content (AvgIpc) is 2.92. The average molecular weight is 279 g/mol. The van der Waals surface area contributed by atoms with E-state index in [-0.39, 0.29) is 6.10 Å². The van der Waals surface area contributed by atoms with Gasteiger partial charge in [-0.3, -0.25) is 0 Å². The maximum atomic E-state index is 5.76. The lowest BCUT2D eigenvalue weighted by Crippen LogP contribution is -2.16. The van der Waals surface area contributed by atoms with Gasteiger partial charge in [-0.1, -0.05) is 11.8 Å². The quantitative estimate of drug-likeness (QED) is 0.620. The molecule has 0 amide bonds. The van der Waals surface area contributed by atoms with Gasteiger partial charge in [0.05, 0.1) is 6.10 Å². The Balaban J connectivity index is 1.92. The van der Waals surface area contributed by atoms with Gasteiger partial charge in [-0.15, -0.1) is 11.6 Å². The summed E-state index contributed by atoms with van der Waals surface area (Å²) in [5, 5.41) is 0. The van der Waals surface area contributed by atoms with E-state index in [4.69, 9.17) is 21.1 Å². The minimum Gasteiger partial charge on any atom is -0.491 e. The van der Waals surface area contributed by atoms with Crippen molar-refractivity contribution in [1.29, 1.82) is 0 Å². The topological polar surface area (TPSA) is 18.5 Å². The molecule has 102 valence electrons. The van der Waals surface area contributed by atoms with Gasteiger partial charge in [0.15, 0.2) is 0 Å². The predicted molar refractivity (Wildman–Crippen MR) is 77.9 cm³/mol. The third-order valence-electron chi connectivity index (χ3n) is 3.10. The fourth-order valence-corrected chi connectivity index (χ4v) is 2.13. The van der Waals surface area contributed by atoms with Crippen molar-refractivity contribution >= 4 is 11.6 Å². The van der Waals surface area contributed by atoms with E-state index < -0.39 is 0 Å². The summed E-state index contributed by atoms with van der Waals surface area (Å²) >= 11 is 5.60. The molecule has 1 atom stereocenters. The maximum absolute atomic E-state index is 5.76. The standard InChI is InChI=1S/C16H19ClO2/c1-13-11-15(19-12-16-6-4-10-18-16)8-7-14(13)5-2-3-9-17/h7-8,11,16H,3-4,6,9-10,12H2,1H3. The number of benzene rings is 1. The monoisotopic (exact) mass is 278 g/mol. The molecule has 0 spiro atoms. The zero-order chi connectivity index (χ0) is 13.5. The number of hydrogen-bond acceptors (Lipinski definition) is 2. The largest absolute Gasteiger partial charge is 0.491 e. The van der Waals surface area contributed by atoms with Crippen LogP contribution in [-0.4, -0.2) is 25.2 Å². The van der Waals surface area contributed by atoms with Crippen LogP contribution in [0.2, 0.25) is 0 Å². The molecule has 1 heterocycles. The van der Waals surface area contributed by atoms with Crippen molar-refractivity contribution in [3.8, 4) is 17.6 Å². The first-order valence-electron chi connectivity index (χ1n) is 6.69. The molecule has 0 aromatic heterocycles. The van der Waals surface area contributed by atoms with Crippen LogP contribution in [0.15, 0.2) is 18.2 Å². The molecule has 1 aliphatic rings. The summed E-state index contributed by atoms with van der Waals surface area (Å²) in [6, 6.07) is 5.99. The Morgan fingerprint density at radius 1 is 1.47 bits per heavy atom. The first-order chi connectivity index (χ1) is 9.29. The molecule has 0 bridgehead atoms. The molecule has 1 aromatic rings. The fourth-order valence-electron chi connectivity index (χ4n) is 2.04. The summed E-state index contributed by atoms with van der Waals surface area (Å²) in [7, 11) is 0. The number of rotatable bonds is 4. The molecule has 1 fully saturated rings. The van der Waals surface area contributed by atoms with E-state index >= 15 is 0 Å². The molecule has 2 rings (SSSR count). The van der Waals surface area contributed by atoms with E-state index in [1.807, 2.05) is 25.1 Å². The lowest BCUT2D eigenvalue weighted by atomic mass is 10.1. The van der Waals surface area contributed by atoms with Gasteiger partial charge in [-0.05, 0) is 43.5 Å². The first-order valence-corrected chi connectivity index (χ1v) is 7.23. The normalized spacial score (nSPS) is 17.9. The van der Waals surface area contributed by atoms with Gasteiger partial charge in [0, 0.05) is 24.5 Å². The molecule has 0 N–H and O–H groups in total. The lowest BCUT2D eigenvalue weighted by molar-refractivity contribution is 0.0679. The number of ether oxygens (including phenoxy) is 2. The van der Waals surface area contributed by atoms with Crippen molar-refractivity contribution in [2.24, 2.45) is 0 Å². The van der Waals surface area contributed by atoms with E-state index in [9.17, 15) is 0 Å². The third-order valence-corrected chi connectivity index (χ3v) is 3.29. The Bertz CT molecular complexity index is 467. The number of alkyl halides is 1. The Labute approximate surface area is 120 Å². The van der Waals surface area contributed by atoms with E-state index in [1.165, 1.54) is 0 Å². The molecular formula is C16H19ClO2. The highest BCUT2D eigenvalue weighted by Crippen LogP contribution is 2.19. The highest BCUT2D eigenvalue weighted by molar-refractivity contribution is 6.18. The summed E-state index contributed by atoms with van der Waals surface area (Å²) in [6.07, 6.45) is 3.21. The zero-order valence-electron chi connectivity index (χ0n) is 11.2. The smallest absolute Gasteiger partial charge is 0.119 e. The van der Waals surface area contributed by atoms with Crippen molar-refractivity contribution in [3.63, 3.8) is 0 Å². The van der Waals surface area contributed by atoms with Gasteiger partial charge in [0.25, 0.3) is 0 Å². The summed E-state index contributed by atoms with van der Waals surface area (Å²) in [6.45, 7) is 3.54. The minimum atomic E-state index is 0.253. The zero-order valence-corrected chi connectivity index (χ0v) is 12.0. The van der Waals surface area contributed by atoms with Crippen LogP contribution in [-0.2, 0) is 4.74 Å². The SMILES string of the molecule is Cc1cc(OCC2CCCO2)ccc1C#CCCCl. The van der Waals surface area contributed by atoms with Crippen LogP contribution < -0.4 is 4.74 Å². The molecule has 2 nitrogen and oxygen atoms in total. The fraction of sp³-hybridized carbons (Fsp3) is 0.500. The minimum absolute atomic E-state index is 0.253. The van der Waals surface area contributed by atoms with Crippen LogP contribution in [0.3, 0.4) is 0 Å². The Kier molecular flexibility index (Phi) is 5.57. The van der Waals surface area contributed by atoms with Gasteiger partial charge >= 0.3 is 0 Å². The number of hydrogen-bond donors (Lipinski definition) is 0. The van der Waals surface area contributed by atoms with E-state index in [0.29, 0.717) is 12.5 Å².